The Hall–Kier alpha value is -3.08. The lowest BCUT2D eigenvalue weighted by atomic mass is 10.1. The number of fused-ring (bicyclic) bond motifs is 1. The number of ether oxygens (including phenoxy) is 1. The maximum Gasteiger partial charge on any atom is 0.277 e. The van der Waals surface area contributed by atoms with Gasteiger partial charge in [-0.2, -0.15) is 5.10 Å². The van der Waals surface area contributed by atoms with E-state index in [9.17, 15) is 4.79 Å². The van der Waals surface area contributed by atoms with Crippen molar-refractivity contribution in [1.29, 1.82) is 0 Å². The number of nitrogens with one attached hydrogen (secondary N) is 1. The average Bonchev–Trinajstić information content (AvgIpc) is 2.92. The van der Waals surface area contributed by atoms with E-state index in [1.165, 1.54) is 0 Å². The van der Waals surface area contributed by atoms with Gasteiger partial charge < -0.3 is 9.30 Å². The van der Waals surface area contributed by atoms with E-state index in [4.69, 9.17) is 4.74 Å². The summed E-state index contributed by atoms with van der Waals surface area (Å²) in [5, 5.41) is 5.13. The molecule has 0 saturated carbocycles. The highest BCUT2D eigenvalue weighted by atomic mass is 16.5. The number of hydrogen-bond donors (Lipinski definition) is 1. The van der Waals surface area contributed by atoms with Crippen LogP contribution in [-0.2, 0) is 11.8 Å². The second-order valence-electron chi connectivity index (χ2n) is 6.06. The molecule has 1 aromatic heterocycles. The van der Waals surface area contributed by atoms with E-state index in [-0.39, 0.29) is 12.5 Å². The number of nitrogens with zero attached hydrogens (tertiary/aromatic N) is 2. The van der Waals surface area contributed by atoms with Crippen molar-refractivity contribution in [2.24, 2.45) is 12.1 Å². The highest BCUT2D eigenvalue weighted by Gasteiger charge is 2.06. The van der Waals surface area contributed by atoms with Crippen LogP contribution in [0.3, 0.4) is 0 Å². The molecule has 1 N–H and O–H groups in total. The first kappa shape index (κ1) is 16.8. The molecule has 1 amide bonds. The molecule has 0 aliphatic heterocycles. The smallest absolute Gasteiger partial charge is 0.277 e. The minimum absolute atomic E-state index is 0.0723. The lowest BCUT2D eigenvalue weighted by Crippen LogP contribution is -2.24. The van der Waals surface area contributed by atoms with Crippen LogP contribution in [0.2, 0.25) is 0 Å². The second-order valence-corrected chi connectivity index (χ2v) is 6.06. The number of benzene rings is 2. The normalized spacial score (nSPS) is 11.2. The Morgan fingerprint density at radius 1 is 1.24 bits per heavy atom. The van der Waals surface area contributed by atoms with E-state index < -0.39 is 0 Å². The molecule has 5 heteroatoms. The molecule has 128 valence electrons. The van der Waals surface area contributed by atoms with Crippen molar-refractivity contribution in [3.8, 4) is 5.75 Å². The number of rotatable bonds is 5. The van der Waals surface area contributed by atoms with E-state index in [0.29, 0.717) is 5.75 Å². The van der Waals surface area contributed by atoms with Crippen molar-refractivity contribution in [1.82, 2.24) is 9.99 Å². The Morgan fingerprint density at radius 3 is 2.88 bits per heavy atom. The molecular formula is C20H21N3O2. The summed E-state index contributed by atoms with van der Waals surface area (Å²) < 4.78 is 7.60. The van der Waals surface area contributed by atoms with Gasteiger partial charge in [0.2, 0.25) is 0 Å². The number of hydrazone groups is 1. The Bertz CT molecular complexity index is 941. The maximum atomic E-state index is 11.9. The summed E-state index contributed by atoms with van der Waals surface area (Å²) in [7, 11) is 1.98. The fourth-order valence-corrected chi connectivity index (χ4v) is 2.69. The van der Waals surface area contributed by atoms with E-state index in [1.54, 1.807) is 6.21 Å². The SMILES string of the molecule is Cc1ccc(C)c(OCC(=O)N/N=C\c2cn(C)c3ccccc23)c1. The van der Waals surface area contributed by atoms with Gasteiger partial charge in [0, 0.05) is 29.7 Å². The molecular weight excluding hydrogens is 314 g/mol. The molecule has 0 bridgehead atoms. The summed E-state index contributed by atoms with van der Waals surface area (Å²) in [5.41, 5.74) is 6.67. The van der Waals surface area contributed by atoms with Crippen molar-refractivity contribution >= 4 is 23.0 Å². The van der Waals surface area contributed by atoms with Gasteiger partial charge >= 0.3 is 0 Å². The third-order valence-electron chi connectivity index (χ3n) is 4.02. The minimum atomic E-state index is -0.294. The highest BCUT2D eigenvalue weighted by Crippen LogP contribution is 2.19. The van der Waals surface area contributed by atoms with Crippen LogP contribution < -0.4 is 10.2 Å². The van der Waals surface area contributed by atoms with Crippen molar-refractivity contribution in [2.75, 3.05) is 6.61 Å². The molecule has 0 spiro atoms. The number of aromatic nitrogens is 1. The Labute approximate surface area is 146 Å². The molecule has 5 nitrogen and oxygen atoms in total. The summed E-state index contributed by atoms with van der Waals surface area (Å²) in [6.07, 6.45) is 3.63. The first-order chi connectivity index (χ1) is 12.0. The molecule has 0 unspecified atom stereocenters. The van der Waals surface area contributed by atoms with Crippen LogP contribution in [0, 0.1) is 13.8 Å². The molecule has 2 aromatic carbocycles. The van der Waals surface area contributed by atoms with Crippen molar-refractivity contribution in [3.05, 3.63) is 65.4 Å². The Kier molecular flexibility index (Phi) is 4.84. The zero-order chi connectivity index (χ0) is 17.8. The predicted molar refractivity (Wildman–Crippen MR) is 100 cm³/mol. The molecule has 1 heterocycles. The zero-order valence-electron chi connectivity index (χ0n) is 14.6. The summed E-state index contributed by atoms with van der Waals surface area (Å²) in [4.78, 5) is 11.9. The summed E-state index contributed by atoms with van der Waals surface area (Å²) in [5.74, 6) is 0.422. The topological polar surface area (TPSA) is 55.6 Å². The number of carbonyl (C=O) groups is 1. The largest absolute Gasteiger partial charge is 0.483 e. The van der Waals surface area contributed by atoms with Crippen LogP contribution in [0.25, 0.3) is 10.9 Å². The highest BCUT2D eigenvalue weighted by molar-refractivity contribution is 5.99. The number of amides is 1. The third-order valence-corrected chi connectivity index (χ3v) is 4.02. The Balaban J connectivity index is 1.60. The van der Waals surface area contributed by atoms with Crippen molar-refractivity contribution in [2.45, 2.75) is 13.8 Å². The molecule has 0 aliphatic carbocycles. The molecule has 3 rings (SSSR count). The van der Waals surface area contributed by atoms with Gasteiger partial charge in [0.15, 0.2) is 6.61 Å². The second kappa shape index (κ2) is 7.21. The van der Waals surface area contributed by atoms with Crippen molar-refractivity contribution in [3.63, 3.8) is 0 Å². The number of carbonyl (C=O) groups excluding carboxylic acids is 1. The lowest BCUT2D eigenvalue weighted by Gasteiger charge is -2.08. The maximum absolute atomic E-state index is 11.9. The summed E-state index contributed by atoms with van der Waals surface area (Å²) >= 11 is 0. The van der Waals surface area contributed by atoms with Gasteiger partial charge in [0.05, 0.1) is 6.21 Å². The number of hydrogen-bond acceptors (Lipinski definition) is 3. The van der Waals surface area contributed by atoms with Gasteiger partial charge in [-0.1, -0.05) is 30.3 Å². The monoisotopic (exact) mass is 335 g/mol. The standard InChI is InChI=1S/C20H21N3O2/c1-14-8-9-15(2)19(10-14)25-13-20(24)22-21-11-16-12-23(3)18-7-5-4-6-17(16)18/h4-12H,13H2,1-3H3,(H,22,24)/b21-11-. The average molecular weight is 335 g/mol. The predicted octanol–water partition coefficient (Wildman–Crippen LogP) is 3.32. The van der Waals surface area contributed by atoms with Gasteiger partial charge in [-0.3, -0.25) is 4.79 Å². The summed E-state index contributed by atoms with van der Waals surface area (Å²) in [6, 6.07) is 14.0. The molecule has 3 aromatic rings. The number of aryl methyl sites for hydroxylation is 3. The first-order valence-electron chi connectivity index (χ1n) is 8.10. The van der Waals surface area contributed by atoms with E-state index in [1.807, 2.05) is 74.1 Å². The van der Waals surface area contributed by atoms with Gasteiger partial charge in [-0.05, 0) is 37.1 Å². The quantitative estimate of drug-likeness (QED) is 0.574. The van der Waals surface area contributed by atoms with Crippen LogP contribution in [0.4, 0.5) is 0 Å². The molecule has 0 saturated heterocycles. The fraction of sp³-hybridized carbons (Fsp3) is 0.200. The third kappa shape index (κ3) is 3.88. The lowest BCUT2D eigenvalue weighted by molar-refractivity contribution is -0.123. The Morgan fingerprint density at radius 2 is 2.04 bits per heavy atom. The molecule has 0 aliphatic rings. The van der Waals surface area contributed by atoms with Crippen LogP contribution in [0.15, 0.2) is 53.8 Å². The molecule has 0 fully saturated rings. The van der Waals surface area contributed by atoms with Gasteiger partial charge in [0.1, 0.15) is 5.75 Å². The van der Waals surface area contributed by atoms with Crippen LogP contribution >= 0.6 is 0 Å². The first-order valence-corrected chi connectivity index (χ1v) is 8.10. The zero-order valence-corrected chi connectivity index (χ0v) is 14.6. The van der Waals surface area contributed by atoms with Gasteiger partial charge in [-0.15, -0.1) is 0 Å². The van der Waals surface area contributed by atoms with E-state index in [2.05, 4.69) is 10.5 Å². The van der Waals surface area contributed by atoms with Crippen LogP contribution in [-0.4, -0.2) is 23.3 Å². The van der Waals surface area contributed by atoms with E-state index >= 15 is 0 Å². The number of para-hydroxylation sites is 1. The summed E-state index contributed by atoms with van der Waals surface area (Å²) in [6.45, 7) is 3.86. The van der Waals surface area contributed by atoms with Crippen LogP contribution in [0.5, 0.6) is 5.75 Å². The fourth-order valence-electron chi connectivity index (χ4n) is 2.69. The van der Waals surface area contributed by atoms with E-state index in [0.717, 1.165) is 27.6 Å². The van der Waals surface area contributed by atoms with Crippen molar-refractivity contribution < 1.29 is 9.53 Å². The minimum Gasteiger partial charge on any atom is -0.483 e. The van der Waals surface area contributed by atoms with Gasteiger partial charge in [0.25, 0.3) is 5.91 Å². The van der Waals surface area contributed by atoms with Crippen LogP contribution in [0.1, 0.15) is 16.7 Å². The molecule has 25 heavy (non-hydrogen) atoms. The molecule has 0 atom stereocenters. The van der Waals surface area contributed by atoms with Gasteiger partial charge in [-0.25, -0.2) is 5.43 Å². The molecule has 0 radical (unpaired) electrons.